The SMILES string of the molecule is C=CSSCC. The first-order chi connectivity index (χ1) is 2.91. The third kappa shape index (κ3) is 4.44. The molecule has 0 unspecified atom stereocenters. The van der Waals surface area contributed by atoms with E-state index in [4.69, 9.17) is 0 Å². The molecule has 0 saturated heterocycles. The molecule has 0 aliphatic rings. The Morgan fingerprint density at radius 1 is 1.83 bits per heavy atom. The molecule has 36 valence electrons. The van der Waals surface area contributed by atoms with E-state index < -0.39 is 0 Å². The predicted molar refractivity (Wildman–Crippen MR) is 35.9 cm³/mol. The highest BCUT2D eigenvalue weighted by Gasteiger charge is 1.71. The lowest BCUT2D eigenvalue weighted by Crippen LogP contribution is -1.50. The maximum Gasteiger partial charge on any atom is 0.00117 e. The smallest absolute Gasteiger partial charge is 0.00117 e. The molecular weight excluding hydrogens is 112 g/mol. The number of hydrogen-bond acceptors (Lipinski definition) is 2. The van der Waals surface area contributed by atoms with Crippen LogP contribution in [0.2, 0.25) is 0 Å². The molecule has 0 aliphatic heterocycles. The third-order valence-electron chi connectivity index (χ3n) is 0.254. The van der Waals surface area contributed by atoms with Crippen molar-refractivity contribution in [2.24, 2.45) is 0 Å². The van der Waals surface area contributed by atoms with Gasteiger partial charge in [-0.15, -0.1) is 0 Å². The van der Waals surface area contributed by atoms with Gasteiger partial charge < -0.3 is 0 Å². The van der Waals surface area contributed by atoms with E-state index in [2.05, 4.69) is 13.5 Å². The van der Waals surface area contributed by atoms with Crippen molar-refractivity contribution in [2.45, 2.75) is 6.92 Å². The molecule has 0 aromatic rings. The molecule has 6 heavy (non-hydrogen) atoms. The average molecular weight is 120 g/mol. The fourth-order valence-electron chi connectivity index (χ4n) is 0.116. The van der Waals surface area contributed by atoms with Crippen LogP contribution in [0.1, 0.15) is 6.92 Å². The van der Waals surface area contributed by atoms with Crippen LogP contribution in [0.5, 0.6) is 0 Å². The molecule has 0 spiro atoms. The van der Waals surface area contributed by atoms with E-state index >= 15 is 0 Å². The van der Waals surface area contributed by atoms with Crippen LogP contribution in [0, 0.1) is 0 Å². The normalized spacial score (nSPS) is 8.17. The Morgan fingerprint density at radius 2 is 2.50 bits per heavy atom. The van der Waals surface area contributed by atoms with Crippen molar-refractivity contribution in [1.82, 2.24) is 0 Å². The second kappa shape index (κ2) is 5.44. The van der Waals surface area contributed by atoms with Gasteiger partial charge in [0.1, 0.15) is 0 Å². The van der Waals surface area contributed by atoms with Gasteiger partial charge in [0.25, 0.3) is 0 Å². The second-order valence-electron chi connectivity index (χ2n) is 0.669. The molecule has 0 radical (unpaired) electrons. The molecule has 0 atom stereocenters. The molecule has 0 amide bonds. The first kappa shape index (κ1) is 6.44. The Kier molecular flexibility index (Phi) is 5.84. The molecule has 0 bridgehead atoms. The van der Waals surface area contributed by atoms with E-state index in [1.807, 2.05) is 5.41 Å². The first-order valence-corrected chi connectivity index (χ1v) is 4.19. The van der Waals surface area contributed by atoms with Crippen molar-refractivity contribution in [3.63, 3.8) is 0 Å². The van der Waals surface area contributed by atoms with Gasteiger partial charge in [-0.3, -0.25) is 0 Å². The lowest BCUT2D eigenvalue weighted by molar-refractivity contribution is 1.54. The highest BCUT2D eigenvalue weighted by atomic mass is 33.1. The summed E-state index contributed by atoms with van der Waals surface area (Å²) in [6.07, 6.45) is 0. The van der Waals surface area contributed by atoms with Gasteiger partial charge in [0.05, 0.1) is 0 Å². The van der Waals surface area contributed by atoms with Crippen LogP contribution < -0.4 is 0 Å². The van der Waals surface area contributed by atoms with E-state index in [1.54, 1.807) is 21.6 Å². The Morgan fingerprint density at radius 3 is 2.67 bits per heavy atom. The lowest BCUT2D eigenvalue weighted by Gasteiger charge is -1.81. The first-order valence-electron chi connectivity index (χ1n) is 1.81. The summed E-state index contributed by atoms with van der Waals surface area (Å²) in [5.74, 6) is 1.16. The highest BCUT2D eigenvalue weighted by Crippen LogP contribution is 2.19. The molecule has 0 fully saturated rings. The summed E-state index contributed by atoms with van der Waals surface area (Å²) in [6.45, 7) is 5.67. The average Bonchev–Trinajstić information content (AvgIpc) is 1.61. The Labute approximate surface area is 46.8 Å². The minimum Gasteiger partial charge on any atom is -0.0919 e. The monoisotopic (exact) mass is 120 g/mol. The molecule has 0 aliphatic carbocycles. The molecule has 0 nitrogen and oxygen atoms in total. The minimum absolute atomic E-state index is 1.16. The van der Waals surface area contributed by atoms with Crippen LogP contribution in [0.3, 0.4) is 0 Å². The fourth-order valence-corrected chi connectivity index (χ4v) is 1.05. The zero-order valence-electron chi connectivity index (χ0n) is 3.81. The van der Waals surface area contributed by atoms with Gasteiger partial charge in [-0.05, 0) is 5.41 Å². The minimum atomic E-state index is 1.16. The summed E-state index contributed by atoms with van der Waals surface area (Å²) in [7, 11) is 3.50. The van der Waals surface area contributed by atoms with E-state index in [0.717, 1.165) is 5.75 Å². The molecule has 0 N–H and O–H groups in total. The van der Waals surface area contributed by atoms with Crippen LogP contribution in [0.15, 0.2) is 12.0 Å². The molecule has 0 rings (SSSR count). The zero-order chi connectivity index (χ0) is 4.83. The van der Waals surface area contributed by atoms with Crippen molar-refractivity contribution >= 4 is 21.6 Å². The molecule has 0 heterocycles. The van der Waals surface area contributed by atoms with Gasteiger partial charge in [-0.2, -0.15) is 0 Å². The van der Waals surface area contributed by atoms with Crippen molar-refractivity contribution < 1.29 is 0 Å². The van der Waals surface area contributed by atoms with Crippen molar-refractivity contribution in [3.8, 4) is 0 Å². The zero-order valence-corrected chi connectivity index (χ0v) is 5.44. The number of hydrogen-bond donors (Lipinski definition) is 0. The topological polar surface area (TPSA) is 0 Å². The van der Waals surface area contributed by atoms with E-state index in [9.17, 15) is 0 Å². The molecule has 0 saturated carbocycles. The van der Waals surface area contributed by atoms with Gasteiger partial charge in [0.15, 0.2) is 0 Å². The van der Waals surface area contributed by atoms with E-state index in [0.29, 0.717) is 0 Å². The summed E-state index contributed by atoms with van der Waals surface area (Å²) in [4.78, 5) is 0. The molecule has 0 aromatic heterocycles. The summed E-state index contributed by atoms with van der Waals surface area (Å²) in [5, 5.41) is 1.84. The van der Waals surface area contributed by atoms with Crippen LogP contribution in [-0.2, 0) is 0 Å². The van der Waals surface area contributed by atoms with Crippen LogP contribution in [0.4, 0.5) is 0 Å². The van der Waals surface area contributed by atoms with Crippen LogP contribution >= 0.6 is 21.6 Å². The Hall–Kier alpha value is 0.440. The number of rotatable bonds is 3. The second-order valence-corrected chi connectivity index (χ2v) is 3.29. The summed E-state index contributed by atoms with van der Waals surface area (Å²) in [6, 6.07) is 0. The van der Waals surface area contributed by atoms with Gasteiger partial charge >= 0.3 is 0 Å². The van der Waals surface area contributed by atoms with Gasteiger partial charge in [-0.1, -0.05) is 35.1 Å². The summed E-state index contributed by atoms with van der Waals surface area (Å²) < 4.78 is 0. The highest BCUT2D eigenvalue weighted by molar-refractivity contribution is 8.77. The third-order valence-corrected chi connectivity index (χ3v) is 2.29. The maximum absolute atomic E-state index is 3.54. The maximum atomic E-state index is 3.54. The Bertz CT molecular complexity index is 34.5. The van der Waals surface area contributed by atoms with Crippen molar-refractivity contribution in [1.29, 1.82) is 0 Å². The molecular formula is C4H8S2. The van der Waals surface area contributed by atoms with E-state index in [-0.39, 0.29) is 0 Å². The van der Waals surface area contributed by atoms with Crippen molar-refractivity contribution in [2.75, 3.05) is 5.75 Å². The van der Waals surface area contributed by atoms with Crippen molar-refractivity contribution in [3.05, 3.63) is 12.0 Å². The van der Waals surface area contributed by atoms with Crippen LogP contribution in [-0.4, -0.2) is 5.75 Å². The fraction of sp³-hybridized carbons (Fsp3) is 0.500. The predicted octanol–water partition coefficient (Wildman–Crippen LogP) is 2.53. The van der Waals surface area contributed by atoms with Crippen LogP contribution in [0.25, 0.3) is 0 Å². The largest absolute Gasteiger partial charge is 0.0919 e. The van der Waals surface area contributed by atoms with Gasteiger partial charge in [0, 0.05) is 5.75 Å². The van der Waals surface area contributed by atoms with Gasteiger partial charge in [-0.25, -0.2) is 0 Å². The molecule has 2 heteroatoms. The Balaban J connectivity index is 2.49. The quantitative estimate of drug-likeness (QED) is 0.414. The molecule has 0 aromatic carbocycles. The lowest BCUT2D eigenvalue weighted by atomic mass is 11.0. The van der Waals surface area contributed by atoms with Gasteiger partial charge in [0.2, 0.25) is 0 Å². The van der Waals surface area contributed by atoms with E-state index in [1.165, 1.54) is 0 Å². The summed E-state index contributed by atoms with van der Waals surface area (Å²) >= 11 is 0. The standard InChI is InChI=1S/C4H8S2/c1-3-5-6-4-2/h3H,1,4H2,2H3. The summed E-state index contributed by atoms with van der Waals surface area (Å²) in [5.41, 5.74) is 0.